The molecule has 14 heavy (non-hydrogen) atoms. The van der Waals surface area contributed by atoms with Crippen LogP contribution in [0.25, 0.3) is 0 Å². The summed E-state index contributed by atoms with van der Waals surface area (Å²) in [6, 6.07) is 1.32. The molecule has 0 radical (unpaired) electrons. The molecule has 1 aromatic carbocycles. The van der Waals surface area contributed by atoms with Crippen LogP contribution in [0.2, 0.25) is 0 Å². The van der Waals surface area contributed by atoms with Gasteiger partial charge in [0.2, 0.25) is 0 Å². The van der Waals surface area contributed by atoms with Gasteiger partial charge in [-0.3, -0.25) is 0 Å². The van der Waals surface area contributed by atoms with Crippen LogP contribution in [0.5, 0.6) is 0 Å². The van der Waals surface area contributed by atoms with Crippen molar-refractivity contribution >= 4 is 21.6 Å². The normalized spacial score (nSPS) is 11.8. The van der Waals surface area contributed by atoms with Crippen molar-refractivity contribution in [3.8, 4) is 0 Å². The highest BCUT2D eigenvalue weighted by Gasteiger charge is 2.31. The van der Waals surface area contributed by atoms with E-state index in [-0.39, 0.29) is 10.9 Å². The third-order valence-corrected chi connectivity index (χ3v) is 2.25. The van der Waals surface area contributed by atoms with E-state index in [1.165, 1.54) is 0 Å². The van der Waals surface area contributed by atoms with Gasteiger partial charge >= 0.3 is 6.18 Å². The molecular weight excluding hydrogens is 266 g/mol. The highest BCUT2D eigenvalue weighted by Crippen LogP contribution is 2.33. The van der Waals surface area contributed by atoms with E-state index in [0.717, 1.165) is 6.07 Å². The Kier molecular flexibility index (Phi) is 3.04. The first-order valence-corrected chi connectivity index (χ1v) is 4.69. The molecule has 1 nitrogen and oxygen atoms in total. The molecule has 0 bridgehead atoms. The molecule has 0 amide bonds. The van der Waals surface area contributed by atoms with Crippen molar-refractivity contribution in [1.29, 1.82) is 0 Å². The molecule has 1 aromatic rings. The van der Waals surface area contributed by atoms with Gasteiger partial charge in [0.05, 0.1) is 11.3 Å². The molecule has 0 heterocycles. The molecule has 0 aliphatic heterocycles. The zero-order valence-electron chi connectivity index (χ0n) is 6.83. The highest BCUT2D eigenvalue weighted by molar-refractivity contribution is 9.08. The highest BCUT2D eigenvalue weighted by atomic mass is 79.9. The van der Waals surface area contributed by atoms with Crippen LogP contribution in [0.4, 0.5) is 23.2 Å². The van der Waals surface area contributed by atoms with Crippen LogP contribution in [0.15, 0.2) is 12.1 Å². The molecule has 0 spiro atoms. The summed E-state index contributed by atoms with van der Waals surface area (Å²) < 4.78 is 49.7. The first kappa shape index (κ1) is 11.3. The number of hydrogen-bond acceptors (Lipinski definition) is 1. The van der Waals surface area contributed by atoms with Gasteiger partial charge in [-0.15, -0.1) is 0 Å². The molecule has 0 fully saturated rings. The fraction of sp³-hybridized carbons (Fsp3) is 0.250. The number of benzene rings is 1. The van der Waals surface area contributed by atoms with Crippen molar-refractivity contribution in [2.24, 2.45) is 0 Å². The van der Waals surface area contributed by atoms with Crippen LogP contribution < -0.4 is 5.73 Å². The number of anilines is 1. The van der Waals surface area contributed by atoms with Crippen molar-refractivity contribution in [3.05, 3.63) is 29.1 Å². The number of nitrogens with two attached hydrogens (primary N) is 1. The van der Waals surface area contributed by atoms with Crippen LogP contribution in [-0.2, 0) is 11.5 Å². The van der Waals surface area contributed by atoms with Gasteiger partial charge < -0.3 is 5.73 Å². The van der Waals surface area contributed by atoms with Crippen molar-refractivity contribution in [3.63, 3.8) is 0 Å². The quantitative estimate of drug-likeness (QED) is 0.473. The zero-order chi connectivity index (χ0) is 10.9. The second kappa shape index (κ2) is 3.76. The fourth-order valence-corrected chi connectivity index (χ4v) is 1.38. The standard InChI is InChI=1S/C8H6BrF4N/c9-3-4-1-5(8(11,12)13)2-6(14)7(4)10/h1-2H,3,14H2. The van der Waals surface area contributed by atoms with E-state index in [1.54, 1.807) is 0 Å². The number of alkyl halides is 4. The summed E-state index contributed by atoms with van der Waals surface area (Å²) in [5, 5.41) is -0.00699. The molecule has 0 atom stereocenters. The van der Waals surface area contributed by atoms with Crippen LogP contribution in [-0.4, -0.2) is 0 Å². The molecule has 0 aromatic heterocycles. The van der Waals surface area contributed by atoms with E-state index in [0.29, 0.717) is 6.07 Å². The molecular formula is C8H6BrF4N. The molecule has 0 saturated heterocycles. The summed E-state index contributed by atoms with van der Waals surface area (Å²) in [5.74, 6) is -0.810. The fourth-order valence-electron chi connectivity index (χ4n) is 0.970. The van der Waals surface area contributed by atoms with Gasteiger partial charge in [-0.05, 0) is 12.1 Å². The van der Waals surface area contributed by atoms with E-state index in [9.17, 15) is 17.6 Å². The van der Waals surface area contributed by atoms with Crippen LogP contribution in [0.1, 0.15) is 11.1 Å². The third-order valence-electron chi connectivity index (χ3n) is 1.65. The van der Waals surface area contributed by atoms with Gasteiger partial charge in [0.25, 0.3) is 0 Å². The lowest BCUT2D eigenvalue weighted by molar-refractivity contribution is -0.137. The minimum absolute atomic E-state index is 0.00699. The van der Waals surface area contributed by atoms with E-state index in [4.69, 9.17) is 5.73 Å². The summed E-state index contributed by atoms with van der Waals surface area (Å²) >= 11 is 2.88. The lowest BCUT2D eigenvalue weighted by Gasteiger charge is -2.10. The Morgan fingerprint density at radius 2 is 1.86 bits per heavy atom. The molecule has 6 heteroatoms. The Hall–Kier alpha value is -0.780. The molecule has 0 aliphatic carbocycles. The van der Waals surface area contributed by atoms with Crippen molar-refractivity contribution in [2.45, 2.75) is 11.5 Å². The van der Waals surface area contributed by atoms with E-state index >= 15 is 0 Å². The molecule has 0 unspecified atom stereocenters. The maximum absolute atomic E-state index is 13.0. The number of hydrogen-bond donors (Lipinski definition) is 1. The lowest BCUT2D eigenvalue weighted by Crippen LogP contribution is -2.08. The zero-order valence-corrected chi connectivity index (χ0v) is 8.41. The number of rotatable bonds is 1. The Bertz CT molecular complexity index is 348. The Labute approximate surface area is 86.0 Å². The molecule has 1 rings (SSSR count). The minimum Gasteiger partial charge on any atom is -0.396 e. The van der Waals surface area contributed by atoms with Crippen LogP contribution in [0, 0.1) is 5.82 Å². The number of nitrogen functional groups attached to an aromatic ring is 1. The smallest absolute Gasteiger partial charge is 0.396 e. The Morgan fingerprint density at radius 3 is 2.29 bits per heavy atom. The lowest BCUT2D eigenvalue weighted by atomic mass is 10.1. The predicted molar refractivity (Wildman–Crippen MR) is 48.4 cm³/mol. The first-order valence-electron chi connectivity index (χ1n) is 3.57. The molecule has 0 aliphatic rings. The van der Waals surface area contributed by atoms with Gasteiger partial charge in [0.1, 0.15) is 5.82 Å². The summed E-state index contributed by atoms with van der Waals surface area (Å²) in [6.45, 7) is 0. The van der Waals surface area contributed by atoms with Crippen LogP contribution >= 0.6 is 15.9 Å². The van der Waals surface area contributed by atoms with Gasteiger partial charge in [0.15, 0.2) is 0 Å². The van der Waals surface area contributed by atoms with Crippen LogP contribution in [0.3, 0.4) is 0 Å². The van der Waals surface area contributed by atoms with E-state index in [1.807, 2.05) is 0 Å². The SMILES string of the molecule is Nc1cc(C(F)(F)F)cc(CBr)c1F. The van der Waals surface area contributed by atoms with E-state index < -0.39 is 23.2 Å². The largest absolute Gasteiger partial charge is 0.416 e. The Balaban J connectivity index is 3.30. The van der Waals surface area contributed by atoms with Gasteiger partial charge in [-0.25, -0.2) is 4.39 Å². The summed E-state index contributed by atoms with van der Waals surface area (Å²) in [7, 11) is 0. The average molecular weight is 272 g/mol. The van der Waals surface area contributed by atoms with Crippen molar-refractivity contribution in [1.82, 2.24) is 0 Å². The van der Waals surface area contributed by atoms with E-state index in [2.05, 4.69) is 15.9 Å². The minimum atomic E-state index is -4.50. The van der Waals surface area contributed by atoms with Gasteiger partial charge in [-0.2, -0.15) is 13.2 Å². The summed E-state index contributed by atoms with van der Waals surface area (Å²) in [6.07, 6.45) is -4.50. The molecule has 2 N–H and O–H groups in total. The average Bonchev–Trinajstić information content (AvgIpc) is 2.07. The second-order valence-corrected chi connectivity index (χ2v) is 3.23. The molecule has 78 valence electrons. The monoisotopic (exact) mass is 271 g/mol. The maximum atomic E-state index is 13.0. The Morgan fingerprint density at radius 1 is 1.29 bits per heavy atom. The third kappa shape index (κ3) is 2.17. The maximum Gasteiger partial charge on any atom is 0.416 e. The van der Waals surface area contributed by atoms with Crippen molar-refractivity contribution in [2.75, 3.05) is 5.73 Å². The first-order chi connectivity index (χ1) is 6.36. The summed E-state index contributed by atoms with van der Waals surface area (Å²) in [4.78, 5) is 0. The van der Waals surface area contributed by atoms with Gasteiger partial charge in [-0.1, -0.05) is 15.9 Å². The summed E-state index contributed by atoms with van der Waals surface area (Å²) in [5.41, 5.74) is 3.57. The van der Waals surface area contributed by atoms with Gasteiger partial charge in [0, 0.05) is 10.9 Å². The molecule has 0 saturated carbocycles. The van der Waals surface area contributed by atoms with Crippen molar-refractivity contribution < 1.29 is 17.6 Å². The topological polar surface area (TPSA) is 26.0 Å². The number of halogens is 5. The predicted octanol–water partition coefficient (Wildman–Crippen LogP) is 3.32. The second-order valence-electron chi connectivity index (χ2n) is 2.67.